The number of para-hydroxylation sites is 4. The van der Waals surface area contributed by atoms with Crippen molar-refractivity contribution in [1.29, 1.82) is 0 Å². The fraction of sp³-hybridized carbons (Fsp3) is 0.321. The third-order valence-electron chi connectivity index (χ3n) is 11.2. The first kappa shape index (κ1) is 38.8. The van der Waals surface area contributed by atoms with Crippen LogP contribution in [0.2, 0.25) is 0 Å². The number of benzene rings is 5. The van der Waals surface area contributed by atoms with Crippen LogP contribution >= 0.6 is 0 Å². The summed E-state index contributed by atoms with van der Waals surface area (Å²) in [6.45, 7) is 29.0. The van der Waals surface area contributed by atoms with Gasteiger partial charge in [0, 0.05) is 52.6 Å². The van der Waals surface area contributed by atoms with Crippen LogP contribution in [0, 0.1) is 18.8 Å². The fourth-order valence-corrected chi connectivity index (χ4v) is 8.04. The molecule has 0 aliphatic carbocycles. The quantitative estimate of drug-likeness (QED) is 0.161. The predicted molar refractivity (Wildman–Crippen MR) is 242 cm³/mol. The van der Waals surface area contributed by atoms with Crippen LogP contribution in [0.1, 0.15) is 119 Å². The Morgan fingerprint density at radius 3 is 1.84 bits per heavy atom. The Bertz CT molecular complexity index is 2700. The topological polar surface area (TPSA) is 24.3 Å². The van der Waals surface area contributed by atoms with Crippen molar-refractivity contribution in [2.75, 3.05) is 9.80 Å². The van der Waals surface area contributed by atoms with E-state index in [9.17, 15) is 2.74 Å². The molecule has 8 rings (SSSR count). The molecule has 5 heteroatoms. The molecule has 0 spiro atoms. The summed E-state index contributed by atoms with van der Waals surface area (Å²) in [6, 6.07) is 43.1. The molecule has 3 heterocycles. The van der Waals surface area contributed by atoms with E-state index in [2.05, 4.69) is 189 Å². The number of fused-ring (bicyclic) bond motifs is 4. The summed E-state index contributed by atoms with van der Waals surface area (Å²) in [6.07, 6.45) is -0.0717. The molecule has 302 valence electrons. The van der Waals surface area contributed by atoms with E-state index < -0.39 is 6.37 Å². The normalized spacial score (nSPS) is 14.4. The van der Waals surface area contributed by atoms with Gasteiger partial charge in [0.05, 0.1) is 0 Å². The van der Waals surface area contributed by atoms with Crippen molar-refractivity contribution in [3.05, 3.63) is 162 Å². The number of anilines is 4. The van der Waals surface area contributed by atoms with Gasteiger partial charge in [0.15, 0.2) is 0 Å². The Labute approximate surface area is 364 Å². The summed E-state index contributed by atoms with van der Waals surface area (Å²) < 4.78 is 22.0. The van der Waals surface area contributed by atoms with Crippen molar-refractivity contribution in [1.82, 2.24) is 9.55 Å². The molecule has 0 saturated heterocycles. The van der Waals surface area contributed by atoms with E-state index in [1.807, 2.05) is 36.5 Å². The summed E-state index contributed by atoms with van der Waals surface area (Å²) in [7, 11) is 0. The SMILES string of the molecule is [2H]C([2H])(c1[c-]c2c(cc1)c1ccccc1n2-c1cc(C(C)(C)C)ccn1)c1[c-]c(N2[CH-]N(c3c(C(C)(C)C)cccc3C(C)(C)C)c3ccccc32)cc(C(C)(C)C)c1.[Pt]. The number of aromatic nitrogens is 2. The zero-order valence-corrected chi connectivity index (χ0v) is 38.3. The average Bonchev–Trinajstić information content (AvgIpc) is 3.72. The second-order valence-electron chi connectivity index (χ2n) is 19.7. The Hall–Kier alpha value is -4.66. The molecule has 4 nitrogen and oxygen atoms in total. The molecule has 0 atom stereocenters. The summed E-state index contributed by atoms with van der Waals surface area (Å²) >= 11 is 0. The monoisotopic (exact) mass is 946 g/mol. The second-order valence-corrected chi connectivity index (χ2v) is 19.7. The summed E-state index contributed by atoms with van der Waals surface area (Å²) in [5.74, 6) is 0.789. The van der Waals surface area contributed by atoms with E-state index in [1.165, 1.54) is 22.4 Å². The van der Waals surface area contributed by atoms with Gasteiger partial charge in [-0.25, -0.2) is 4.98 Å². The van der Waals surface area contributed by atoms with Crippen molar-refractivity contribution >= 4 is 44.6 Å². The standard InChI is InChI=1S/C53H57N4.Pt/c1-50(2,3)37-26-27-54-48(33-37)57-44-21-14-13-18-40(44)41-25-24-35(31-47(41)57)28-36-29-38(51(4,5)6)32-39(30-36)55-34-56(46-23-16-15-22-45(46)55)49-42(52(7,8)9)19-17-20-43(49)53(10,11)12;/h13-27,29,32-34H,28H2,1-12H3;/q-3;/i28D2;. The largest absolute Gasteiger partial charge is 0.493 e. The fourth-order valence-electron chi connectivity index (χ4n) is 8.04. The van der Waals surface area contributed by atoms with Crippen molar-refractivity contribution in [3.8, 4) is 5.82 Å². The number of rotatable bonds is 5. The van der Waals surface area contributed by atoms with Gasteiger partial charge in [0.25, 0.3) is 0 Å². The van der Waals surface area contributed by atoms with Crippen molar-refractivity contribution in [2.24, 2.45) is 0 Å². The van der Waals surface area contributed by atoms with Gasteiger partial charge in [-0.1, -0.05) is 137 Å². The summed E-state index contributed by atoms with van der Waals surface area (Å²) in [4.78, 5) is 9.38. The molecule has 0 radical (unpaired) electrons. The van der Waals surface area contributed by atoms with Crippen molar-refractivity contribution in [2.45, 2.75) is 111 Å². The molecule has 0 amide bonds. The van der Waals surface area contributed by atoms with Crippen LogP contribution in [-0.4, -0.2) is 9.55 Å². The first-order valence-corrected chi connectivity index (χ1v) is 20.2. The predicted octanol–water partition coefficient (Wildman–Crippen LogP) is 14.0. The smallest absolute Gasteiger partial charge is 0.135 e. The third-order valence-corrected chi connectivity index (χ3v) is 11.2. The van der Waals surface area contributed by atoms with E-state index in [-0.39, 0.29) is 42.7 Å². The minimum atomic E-state index is -1.94. The molecular formula is C53H57N4Pt-3. The van der Waals surface area contributed by atoms with Gasteiger partial charge in [-0.05, 0) is 80.4 Å². The molecular weight excluding hydrogens is 888 g/mol. The van der Waals surface area contributed by atoms with E-state index in [0.29, 0.717) is 11.1 Å². The van der Waals surface area contributed by atoms with E-state index >= 15 is 0 Å². The Kier molecular flexibility index (Phi) is 9.95. The minimum Gasteiger partial charge on any atom is -0.493 e. The van der Waals surface area contributed by atoms with Crippen LogP contribution < -0.4 is 9.80 Å². The first-order chi connectivity index (χ1) is 27.5. The molecule has 0 bridgehead atoms. The number of hydrogen-bond acceptors (Lipinski definition) is 3. The van der Waals surface area contributed by atoms with Crippen LogP contribution in [0.5, 0.6) is 0 Å². The maximum Gasteiger partial charge on any atom is 0.135 e. The zero-order chi connectivity index (χ0) is 42.4. The number of pyridine rings is 1. The van der Waals surface area contributed by atoms with Gasteiger partial charge in [0.2, 0.25) is 0 Å². The van der Waals surface area contributed by atoms with Gasteiger partial charge in [0.1, 0.15) is 5.82 Å². The Balaban J connectivity index is 0.00000544. The van der Waals surface area contributed by atoms with Gasteiger partial charge < -0.3 is 14.4 Å². The molecule has 0 N–H and O–H groups in total. The van der Waals surface area contributed by atoms with Crippen LogP contribution in [-0.2, 0) is 49.1 Å². The van der Waals surface area contributed by atoms with Gasteiger partial charge in [-0.2, -0.15) is 47.0 Å². The van der Waals surface area contributed by atoms with Crippen LogP contribution in [0.4, 0.5) is 22.7 Å². The third kappa shape index (κ3) is 7.66. The number of hydrogen-bond donors (Lipinski definition) is 0. The van der Waals surface area contributed by atoms with Crippen LogP contribution in [0.15, 0.2) is 109 Å². The average molecular weight is 947 g/mol. The molecule has 0 fully saturated rings. The zero-order valence-electron chi connectivity index (χ0n) is 38.1. The molecule has 5 aromatic carbocycles. The van der Waals surface area contributed by atoms with Gasteiger partial charge in [-0.3, -0.25) is 0 Å². The summed E-state index contributed by atoms with van der Waals surface area (Å²) in [5, 5.41) is 2.08. The molecule has 0 saturated carbocycles. The first-order valence-electron chi connectivity index (χ1n) is 21.2. The molecule has 58 heavy (non-hydrogen) atoms. The van der Waals surface area contributed by atoms with Crippen LogP contribution in [0.3, 0.4) is 0 Å². The molecule has 1 aliphatic heterocycles. The molecule has 1 aliphatic rings. The summed E-state index contributed by atoms with van der Waals surface area (Å²) in [5.41, 5.74) is 11.0. The maximum atomic E-state index is 9.93. The van der Waals surface area contributed by atoms with E-state index in [4.69, 9.17) is 4.98 Å². The number of nitrogens with zero attached hydrogens (tertiary/aromatic N) is 4. The van der Waals surface area contributed by atoms with Gasteiger partial charge >= 0.3 is 0 Å². The Morgan fingerprint density at radius 2 is 1.21 bits per heavy atom. The second kappa shape index (κ2) is 14.9. The molecule has 2 aromatic heterocycles. The van der Waals surface area contributed by atoms with E-state index in [1.54, 1.807) is 0 Å². The minimum absolute atomic E-state index is 0. The van der Waals surface area contributed by atoms with Crippen LogP contribution in [0.25, 0.3) is 27.6 Å². The maximum absolute atomic E-state index is 9.93. The molecule has 0 unspecified atom stereocenters. The van der Waals surface area contributed by atoms with Crippen molar-refractivity contribution in [3.63, 3.8) is 0 Å². The van der Waals surface area contributed by atoms with Gasteiger partial charge in [-0.15, -0.1) is 23.8 Å². The van der Waals surface area contributed by atoms with E-state index in [0.717, 1.165) is 50.2 Å². The van der Waals surface area contributed by atoms with Crippen molar-refractivity contribution < 1.29 is 23.8 Å². The Morgan fingerprint density at radius 1 is 0.586 bits per heavy atom. The molecule has 7 aromatic rings.